The summed E-state index contributed by atoms with van der Waals surface area (Å²) >= 11 is 0. The molecule has 2 rings (SSSR count). The van der Waals surface area contributed by atoms with Crippen LogP contribution in [0, 0.1) is 11.8 Å². The van der Waals surface area contributed by atoms with Crippen molar-refractivity contribution in [3.8, 4) is 11.8 Å². The first-order valence-corrected chi connectivity index (χ1v) is 5.80. The summed E-state index contributed by atoms with van der Waals surface area (Å²) < 4.78 is 0. The Hall–Kier alpha value is -1.30. The molecule has 0 saturated carbocycles. The van der Waals surface area contributed by atoms with Crippen LogP contribution in [0.1, 0.15) is 24.5 Å². The standard InChI is InChI=1S/C14H17NO/c16-14(13-7-2-1-3-8-13)9-6-12-15-10-4-5-11-15/h1-3,7-8,14,16H,4-5,10-12H2/t14-/m0/s1. The lowest BCUT2D eigenvalue weighted by Crippen LogP contribution is -2.19. The molecule has 2 nitrogen and oxygen atoms in total. The predicted octanol–water partition coefficient (Wildman–Crippen LogP) is 1.82. The van der Waals surface area contributed by atoms with Gasteiger partial charge in [-0.05, 0) is 31.5 Å². The van der Waals surface area contributed by atoms with Crippen molar-refractivity contribution in [1.82, 2.24) is 4.90 Å². The maximum Gasteiger partial charge on any atom is 0.140 e. The van der Waals surface area contributed by atoms with Crippen LogP contribution in [0.4, 0.5) is 0 Å². The van der Waals surface area contributed by atoms with Gasteiger partial charge in [-0.15, -0.1) is 0 Å². The quantitative estimate of drug-likeness (QED) is 0.761. The Kier molecular flexibility index (Phi) is 3.98. The molecule has 0 amide bonds. The van der Waals surface area contributed by atoms with Gasteiger partial charge < -0.3 is 5.11 Å². The van der Waals surface area contributed by atoms with Crippen molar-refractivity contribution >= 4 is 0 Å². The van der Waals surface area contributed by atoms with Gasteiger partial charge in [0.2, 0.25) is 0 Å². The molecule has 1 aromatic rings. The molecule has 0 radical (unpaired) electrons. The van der Waals surface area contributed by atoms with Crippen molar-refractivity contribution in [2.24, 2.45) is 0 Å². The van der Waals surface area contributed by atoms with Gasteiger partial charge in [-0.25, -0.2) is 0 Å². The number of rotatable bonds is 2. The van der Waals surface area contributed by atoms with E-state index in [1.54, 1.807) is 0 Å². The Morgan fingerprint density at radius 2 is 1.88 bits per heavy atom. The number of aliphatic hydroxyl groups is 1. The minimum atomic E-state index is -0.649. The van der Waals surface area contributed by atoms with E-state index in [2.05, 4.69) is 16.7 Å². The second-order valence-corrected chi connectivity index (χ2v) is 4.12. The molecule has 1 aromatic carbocycles. The van der Waals surface area contributed by atoms with E-state index in [1.165, 1.54) is 12.8 Å². The van der Waals surface area contributed by atoms with E-state index < -0.39 is 6.10 Å². The van der Waals surface area contributed by atoms with Gasteiger partial charge in [-0.3, -0.25) is 4.90 Å². The van der Waals surface area contributed by atoms with Gasteiger partial charge in [0.15, 0.2) is 0 Å². The van der Waals surface area contributed by atoms with Crippen LogP contribution in [0.5, 0.6) is 0 Å². The minimum absolute atomic E-state index is 0.649. The van der Waals surface area contributed by atoms with Crippen molar-refractivity contribution in [3.63, 3.8) is 0 Å². The van der Waals surface area contributed by atoms with Crippen LogP contribution in [0.25, 0.3) is 0 Å². The molecule has 1 N–H and O–H groups in total. The summed E-state index contributed by atoms with van der Waals surface area (Å²) in [6, 6.07) is 9.57. The number of hydrogen-bond acceptors (Lipinski definition) is 2. The highest BCUT2D eigenvalue weighted by molar-refractivity contribution is 5.24. The average molecular weight is 215 g/mol. The summed E-state index contributed by atoms with van der Waals surface area (Å²) in [7, 11) is 0. The number of hydrogen-bond donors (Lipinski definition) is 1. The van der Waals surface area contributed by atoms with Crippen molar-refractivity contribution in [1.29, 1.82) is 0 Å². The zero-order chi connectivity index (χ0) is 11.2. The molecular weight excluding hydrogens is 198 g/mol. The highest BCUT2D eigenvalue weighted by Crippen LogP contribution is 2.10. The van der Waals surface area contributed by atoms with Gasteiger partial charge in [0.05, 0.1) is 6.54 Å². The molecule has 16 heavy (non-hydrogen) atoms. The average Bonchev–Trinajstić information content (AvgIpc) is 2.83. The molecule has 0 aromatic heterocycles. The molecule has 2 heteroatoms. The molecule has 1 aliphatic rings. The third-order valence-corrected chi connectivity index (χ3v) is 2.86. The lowest BCUT2D eigenvalue weighted by atomic mass is 10.1. The fourth-order valence-electron chi connectivity index (χ4n) is 1.91. The van der Waals surface area contributed by atoms with Crippen LogP contribution in [0.3, 0.4) is 0 Å². The molecule has 1 saturated heterocycles. The van der Waals surface area contributed by atoms with Crippen LogP contribution in [0.2, 0.25) is 0 Å². The largest absolute Gasteiger partial charge is 0.376 e. The normalized spacial score (nSPS) is 17.8. The first kappa shape index (κ1) is 11.2. The first-order valence-electron chi connectivity index (χ1n) is 5.80. The minimum Gasteiger partial charge on any atom is -0.376 e. The van der Waals surface area contributed by atoms with Crippen molar-refractivity contribution in [3.05, 3.63) is 35.9 Å². The molecule has 1 aliphatic heterocycles. The number of aliphatic hydroxyl groups excluding tert-OH is 1. The lowest BCUT2D eigenvalue weighted by Gasteiger charge is -2.09. The third-order valence-electron chi connectivity index (χ3n) is 2.86. The Morgan fingerprint density at radius 1 is 1.19 bits per heavy atom. The van der Waals surface area contributed by atoms with Gasteiger partial charge in [-0.2, -0.15) is 0 Å². The van der Waals surface area contributed by atoms with E-state index in [0.717, 1.165) is 25.2 Å². The molecular formula is C14H17NO. The topological polar surface area (TPSA) is 23.5 Å². The smallest absolute Gasteiger partial charge is 0.140 e. The third kappa shape index (κ3) is 3.10. The molecule has 1 atom stereocenters. The van der Waals surface area contributed by atoms with Crippen LogP contribution < -0.4 is 0 Å². The zero-order valence-corrected chi connectivity index (χ0v) is 9.39. The first-order chi connectivity index (χ1) is 7.86. The number of benzene rings is 1. The monoisotopic (exact) mass is 215 g/mol. The highest BCUT2D eigenvalue weighted by atomic mass is 16.3. The van der Waals surface area contributed by atoms with Gasteiger partial charge in [0.25, 0.3) is 0 Å². The van der Waals surface area contributed by atoms with Crippen molar-refractivity contribution in [2.45, 2.75) is 18.9 Å². The van der Waals surface area contributed by atoms with Crippen molar-refractivity contribution in [2.75, 3.05) is 19.6 Å². The number of nitrogens with zero attached hydrogens (tertiary/aromatic N) is 1. The van der Waals surface area contributed by atoms with E-state index in [4.69, 9.17) is 0 Å². The number of likely N-dealkylation sites (tertiary alicyclic amines) is 1. The van der Waals surface area contributed by atoms with Crippen LogP contribution in [0.15, 0.2) is 30.3 Å². The maximum atomic E-state index is 9.80. The summed E-state index contributed by atoms with van der Waals surface area (Å²) in [6.07, 6.45) is 1.91. The van der Waals surface area contributed by atoms with Crippen LogP contribution in [-0.4, -0.2) is 29.6 Å². The second-order valence-electron chi connectivity index (χ2n) is 4.12. The Bertz CT molecular complexity index is 371. The van der Waals surface area contributed by atoms with E-state index in [-0.39, 0.29) is 0 Å². The summed E-state index contributed by atoms with van der Waals surface area (Å²) in [5.74, 6) is 5.94. The molecule has 0 bridgehead atoms. The van der Waals surface area contributed by atoms with Gasteiger partial charge in [-0.1, -0.05) is 42.2 Å². The van der Waals surface area contributed by atoms with Crippen LogP contribution in [-0.2, 0) is 0 Å². The fourth-order valence-corrected chi connectivity index (χ4v) is 1.91. The van der Waals surface area contributed by atoms with Gasteiger partial charge >= 0.3 is 0 Å². The van der Waals surface area contributed by atoms with E-state index in [1.807, 2.05) is 30.3 Å². The van der Waals surface area contributed by atoms with Crippen molar-refractivity contribution < 1.29 is 5.11 Å². The fraction of sp³-hybridized carbons (Fsp3) is 0.429. The Morgan fingerprint density at radius 3 is 2.56 bits per heavy atom. The lowest BCUT2D eigenvalue weighted by molar-refractivity contribution is 0.238. The SMILES string of the molecule is O[C@@H](C#CCN1CCCC1)c1ccccc1. The Balaban J connectivity index is 1.87. The zero-order valence-electron chi connectivity index (χ0n) is 9.39. The molecule has 0 aliphatic carbocycles. The molecule has 1 heterocycles. The molecule has 1 fully saturated rings. The van der Waals surface area contributed by atoms with Crippen LogP contribution >= 0.6 is 0 Å². The predicted molar refractivity (Wildman–Crippen MR) is 64.9 cm³/mol. The Labute approximate surface area is 96.9 Å². The summed E-state index contributed by atoms with van der Waals surface area (Å²) in [6.45, 7) is 3.08. The maximum absolute atomic E-state index is 9.80. The summed E-state index contributed by atoms with van der Waals surface area (Å²) in [5.41, 5.74) is 0.872. The highest BCUT2D eigenvalue weighted by Gasteiger charge is 2.09. The van der Waals surface area contributed by atoms with Gasteiger partial charge in [0, 0.05) is 0 Å². The molecule has 0 spiro atoms. The van der Waals surface area contributed by atoms with Gasteiger partial charge in [0.1, 0.15) is 6.10 Å². The van der Waals surface area contributed by atoms with E-state index in [0.29, 0.717) is 0 Å². The van der Waals surface area contributed by atoms with E-state index in [9.17, 15) is 5.11 Å². The second kappa shape index (κ2) is 5.69. The molecule has 0 unspecified atom stereocenters. The summed E-state index contributed by atoms with van der Waals surface area (Å²) in [5, 5.41) is 9.80. The van der Waals surface area contributed by atoms with E-state index >= 15 is 0 Å². The summed E-state index contributed by atoms with van der Waals surface area (Å²) in [4.78, 5) is 2.32. The molecule has 84 valence electrons.